The minimum atomic E-state index is -0.836. The SMILES string of the molecule is CCC(C(=O)Nc1cc(C(=O)OC)cc(C(=O)OC)c1)n1cc([N+](=O)[O-])cn1. The van der Waals surface area contributed by atoms with Gasteiger partial charge in [0, 0.05) is 5.69 Å². The summed E-state index contributed by atoms with van der Waals surface area (Å²) < 4.78 is 10.5. The summed E-state index contributed by atoms with van der Waals surface area (Å²) in [6.45, 7) is 1.71. The first-order valence-electron chi connectivity index (χ1n) is 8.11. The molecule has 11 nitrogen and oxygen atoms in total. The molecule has 11 heteroatoms. The minimum Gasteiger partial charge on any atom is -0.465 e. The Bertz CT molecular complexity index is 888. The van der Waals surface area contributed by atoms with Gasteiger partial charge in [-0.3, -0.25) is 19.6 Å². The Labute approximate surface area is 159 Å². The predicted octanol–water partition coefficient (Wildman–Crippen LogP) is 1.95. The lowest BCUT2D eigenvalue weighted by molar-refractivity contribution is -0.385. The lowest BCUT2D eigenvalue weighted by Gasteiger charge is -2.16. The number of aromatic nitrogens is 2. The molecule has 28 heavy (non-hydrogen) atoms. The van der Waals surface area contributed by atoms with E-state index in [4.69, 9.17) is 0 Å². The molecule has 0 bridgehead atoms. The maximum absolute atomic E-state index is 12.7. The molecular weight excluding hydrogens is 372 g/mol. The quantitative estimate of drug-likeness (QED) is 0.429. The normalized spacial score (nSPS) is 11.4. The van der Waals surface area contributed by atoms with Crippen molar-refractivity contribution in [1.29, 1.82) is 0 Å². The van der Waals surface area contributed by atoms with Gasteiger partial charge in [0.15, 0.2) is 0 Å². The van der Waals surface area contributed by atoms with Gasteiger partial charge in [0.25, 0.3) is 0 Å². The zero-order chi connectivity index (χ0) is 20.8. The van der Waals surface area contributed by atoms with Crippen LogP contribution in [0.15, 0.2) is 30.6 Å². The third kappa shape index (κ3) is 4.50. The monoisotopic (exact) mass is 390 g/mol. The zero-order valence-electron chi connectivity index (χ0n) is 15.4. The van der Waals surface area contributed by atoms with Crippen LogP contribution in [0, 0.1) is 10.1 Å². The Morgan fingerprint density at radius 3 is 2.18 bits per heavy atom. The number of ether oxygens (including phenoxy) is 2. The lowest BCUT2D eigenvalue weighted by Crippen LogP contribution is -2.26. The standard InChI is InChI=1S/C17H18N4O7/c1-4-14(20-9-13(8-18-20)21(25)26)15(22)19-12-6-10(16(23)27-2)5-11(7-12)17(24)28-3/h5-9,14H,4H2,1-3H3,(H,19,22). The van der Waals surface area contributed by atoms with Crippen LogP contribution >= 0.6 is 0 Å². The molecule has 1 unspecified atom stereocenters. The number of hydrogen-bond donors (Lipinski definition) is 1. The number of nitrogens with one attached hydrogen (secondary N) is 1. The molecule has 2 aromatic rings. The summed E-state index contributed by atoms with van der Waals surface area (Å²) in [6, 6.07) is 3.13. The second-order valence-corrected chi connectivity index (χ2v) is 5.63. The first-order valence-corrected chi connectivity index (χ1v) is 8.11. The summed E-state index contributed by atoms with van der Waals surface area (Å²) >= 11 is 0. The Kier molecular flexibility index (Phi) is 6.42. The van der Waals surface area contributed by atoms with Gasteiger partial charge >= 0.3 is 17.6 Å². The van der Waals surface area contributed by atoms with E-state index < -0.39 is 28.8 Å². The molecule has 1 aromatic carbocycles. The van der Waals surface area contributed by atoms with Crippen LogP contribution in [0.1, 0.15) is 40.1 Å². The minimum absolute atomic E-state index is 0.0449. The molecule has 0 aliphatic heterocycles. The van der Waals surface area contributed by atoms with Crippen LogP contribution < -0.4 is 5.32 Å². The highest BCUT2D eigenvalue weighted by atomic mass is 16.6. The maximum atomic E-state index is 12.7. The Morgan fingerprint density at radius 1 is 1.18 bits per heavy atom. The van der Waals surface area contributed by atoms with Crippen molar-refractivity contribution in [2.75, 3.05) is 19.5 Å². The van der Waals surface area contributed by atoms with Gasteiger partial charge in [-0.2, -0.15) is 5.10 Å². The van der Waals surface area contributed by atoms with E-state index in [1.165, 1.54) is 37.1 Å². The third-order valence-electron chi connectivity index (χ3n) is 3.85. The topological polar surface area (TPSA) is 143 Å². The highest BCUT2D eigenvalue weighted by molar-refractivity contribution is 6.00. The Balaban J connectivity index is 2.33. The van der Waals surface area contributed by atoms with Crippen LogP contribution in [0.2, 0.25) is 0 Å². The summed E-state index contributed by atoms with van der Waals surface area (Å²) in [5, 5.41) is 17.2. The molecule has 1 N–H and O–H groups in total. The van der Waals surface area contributed by atoms with Gasteiger partial charge in [-0.15, -0.1) is 0 Å². The van der Waals surface area contributed by atoms with E-state index in [1.807, 2.05) is 0 Å². The number of amides is 1. The Morgan fingerprint density at radius 2 is 1.75 bits per heavy atom. The molecule has 1 heterocycles. The molecule has 1 aromatic heterocycles. The van der Waals surface area contributed by atoms with E-state index in [9.17, 15) is 24.5 Å². The molecule has 0 spiro atoms. The molecular formula is C17H18N4O7. The number of carbonyl (C=O) groups excluding carboxylic acids is 3. The average molecular weight is 390 g/mol. The number of benzene rings is 1. The van der Waals surface area contributed by atoms with Crippen molar-refractivity contribution < 1.29 is 28.8 Å². The largest absolute Gasteiger partial charge is 0.465 e. The number of rotatable bonds is 7. The van der Waals surface area contributed by atoms with Crippen molar-refractivity contribution >= 4 is 29.2 Å². The number of anilines is 1. The first kappa shape index (κ1) is 20.6. The van der Waals surface area contributed by atoms with Gasteiger partial charge in [-0.25, -0.2) is 9.59 Å². The number of esters is 2. The van der Waals surface area contributed by atoms with E-state index in [2.05, 4.69) is 19.9 Å². The number of nitro groups is 1. The van der Waals surface area contributed by atoms with Gasteiger partial charge in [0.1, 0.15) is 18.4 Å². The second-order valence-electron chi connectivity index (χ2n) is 5.63. The average Bonchev–Trinajstić information content (AvgIpc) is 3.17. The molecule has 0 aliphatic carbocycles. The van der Waals surface area contributed by atoms with Gasteiger partial charge in [-0.05, 0) is 24.6 Å². The van der Waals surface area contributed by atoms with E-state index >= 15 is 0 Å². The molecule has 0 aliphatic rings. The molecule has 0 saturated heterocycles. The zero-order valence-corrected chi connectivity index (χ0v) is 15.4. The van der Waals surface area contributed by atoms with Crippen molar-refractivity contribution in [2.24, 2.45) is 0 Å². The third-order valence-corrected chi connectivity index (χ3v) is 3.85. The highest BCUT2D eigenvalue weighted by Crippen LogP contribution is 2.21. The van der Waals surface area contributed by atoms with Crippen molar-refractivity contribution in [3.8, 4) is 0 Å². The number of hydrogen-bond acceptors (Lipinski definition) is 8. The van der Waals surface area contributed by atoms with Crippen LogP contribution in [0.25, 0.3) is 0 Å². The molecule has 2 rings (SSSR count). The fourth-order valence-electron chi connectivity index (χ4n) is 2.48. The maximum Gasteiger partial charge on any atom is 0.337 e. The van der Waals surface area contributed by atoms with Crippen molar-refractivity contribution in [3.05, 3.63) is 51.8 Å². The summed E-state index contributed by atoms with van der Waals surface area (Å²) in [6.07, 6.45) is 2.49. The number of methoxy groups -OCH3 is 2. The van der Waals surface area contributed by atoms with E-state index in [0.717, 1.165) is 12.4 Å². The van der Waals surface area contributed by atoms with Crippen LogP contribution in [-0.4, -0.2) is 46.8 Å². The predicted molar refractivity (Wildman–Crippen MR) is 96.0 cm³/mol. The molecule has 1 amide bonds. The molecule has 0 fully saturated rings. The van der Waals surface area contributed by atoms with Crippen LogP contribution in [-0.2, 0) is 14.3 Å². The van der Waals surface area contributed by atoms with E-state index in [0.29, 0.717) is 6.42 Å². The highest BCUT2D eigenvalue weighted by Gasteiger charge is 2.23. The fraction of sp³-hybridized carbons (Fsp3) is 0.294. The van der Waals surface area contributed by atoms with Crippen LogP contribution in [0.3, 0.4) is 0 Å². The second kappa shape index (κ2) is 8.75. The summed E-state index contributed by atoms with van der Waals surface area (Å²) in [5.74, 6) is -1.93. The van der Waals surface area contributed by atoms with Gasteiger partial charge < -0.3 is 14.8 Å². The first-order chi connectivity index (χ1) is 13.3. The van der Waals surface area contributed by atoms with Crippen LogP contribution in [0.4, 0.5) is 11.4 Å². The molecule has 148 valence electrons. The van der Waals surface area contributed by atoms with E-state index in [-0.39, 0.29) is 22.5 Å². The van der Waals surface area contributed by atoms with Gasteiger partial charge in [0.05, 0.1) is 30.3 Å². The van der Waals surface area contributed by atoms with Crippen molar-refractivity contribution in [2.45, 2.75) is 19.4 Å². The van der Waals surface area contributed by atoms with Crippen molar-refractivity contribution in [1.82, 2.24) is 9.78 Å². The number of carbonyl (C=O) groups is 3. The van der Waals surface area contributed by atoms with E-state index in [1.54, 1.807) is 6.92 Å². The molecule has 0 saturated carbocycles. The fourth-order valence-corrected chi connectivity index (χ4v) is 2.48. The molecule has 0 radical (unpaired) electrons. The Hall–Kier alpha value is -3.76. The molecule has 1 atom stereocenters. The van der Waals surface area contributed by atoms with Gasteiger partial charge in [0.2, 0.25) is 5.91 Å². The van der Waals surface area contributed by atoms with Crippen molar-refractivity contribution in [3.63, 3.8) is 0 Å². The van der Waals surface area contributed by atoms with Gasteiger partial charge in [-0.1, -0.05) is 6.92 Å². The summed E-state index contributed by atoms with van der Waals surface area (Å²) in [5.41, 5.74) is 0.00673. The summed E-state index contributed by atoms with van der Waals surface area (Å²) in [7, 11) is 2.37. The lowest BCUT2D eigenvalue weighted by atomic mass is 10.1. The smallest absolute Gasteiger partial charge is 0.337 e. The van der Waals surface area contributed by atoms with Crippen LogP contribution in [0.5, 0.6) is 0 Å². The summed E-state index contributed by atoms with van der Waals surface area (Å²) in [4.78, 5) is 46.5. The number of nitrogens with zero attached hydrogens (tertiary/aromatic N) is 3.